The number of halogens is 1. The van der Waals surface area contributed by atoms with Gasteiger partial charge < -0.3 is 5.73 Å². The van der Waals surface area contributed by atoms with Crippen molar-refractivity contribution in [1.82, 2.24) is 15.2 Å². The molecule has 0 spiro atoms. The van der Waals surface area contributed by atoms with E-state index in [0.717, 1.165) is 11.4 Å². The Kier molecular flexibility index (Phi) is 2.74. The monoisotopic (exact) mass is 246 g/mol. The highest BCUT2D eigenvalue weighted by Crippen LogP contribution is 2.32. The SMILES string of the molecule is Nc1cc(-c2n[nH]c(C3CCCC3)n2)ccc1F. The molecule has 0 bridgehead atoms. The van der Waals surface area contributed by atoms with E-state index in [4.69, 9.17) is 5.73 Å². The van der Waals surface area contributed by atoms with Crippen LogP contribution in [0.1, 0.15) is 37.4 Å². The van der Waals surface area contributed by atoms with Crippen molar-refractivity contribution in [1.29, 1.82) is 0 Å². The third-order valence-corrected chi connectivity index (χ3v) is 3.50. The smallest absolute Gasteiger partial charge is 0.181 e. The fourth-order valence-electron chi connectivity index (χ4n) is 2.47. The third kappa shape index (κ3) is 1.96. The maximum atomic E-state index is 13.1. The third-order valence-electron chi connectivity index (χ3n) is 3.50. The lowest BCUT2D eigenvalue weighted by Gasteiger charge is -2.02. The summed E-state index contributed by atoms with van der Waals surface area (Å²) in [5, 5.41) is 7.17. The predicted octanol–water partition coefficient (Wildman–Crippen LogP) is 2.85. The van der Waals surface area contributed by atoms with Crippen LogP contribution >= 0.6 is 0 Å². The summed E-state index contributed by atoms with van der Waals surface area (Å²) in [5.41, 5.74) is 6.42. The van der Waals surface area contributed by atoms with Crippen molar-refractivity contribution in [3.63, 3.8) is 0 Å². The maximum absolute atomic E-state index is 13.1. The lowest BCUT2D eigenvalue weighted by molar-refractivity contribution is 0.632. The van der Waals surface area contributed by atoms with Crippen molar-refractivity contribution in [2.45, 2.75) is 31.6 Å². The van der Waals surface area contributed by atoms with E-state index >= 15 is 0 Å². The van der Waals surface area contributed by atoms with Gasteiger partial charge in [0.05, 0.1) is 5.69 Å². The summed E-state index contributed by atoms with van der Waals surface area (Å²) in [6.45, 7) is 0. The molecule has 0 aliphatic heterocycles. The minimum absolute atomic E-state index is 0.125. The number of rotatable bonds is 2. The van der Waals surface area contributed by atoms with E-state index in [1.807, 2.05) is 0 Å². The Morgan fingerprint density at radius 1 is 1.28 bits per heavy atom. The summed E-state index contributed by atoms with van der Waals surface area (Å²) in [6.07, 6.45) is 4.84. The van der Waals surface area contributed by atoms with Gasteiger partial charge in [-0.1, -0.05) is 12.8 Å². The van der Waals surface area contributed by atoms with Crippen molar-refractivity contribution in [3.8, 4) is 11.4 Å². The van der Waals surface area contributed by atoms with E-state index in [0.29, 0.717) is 11.7 Å². The molecule has 1 aromatic carbocycles. The number of H-pyrrole nitrogens is 1. The largest absolute Gasteiger partial charge is 0.396 e. The number of aromatic nitrogens is 3. The van der Waals surface area contributed by atoms with Crippen molar-refractivity contribution in [2.75, 3.05) is 5.73 Å². The lowest BCUT2D eigenvalue weighted by Crippen LogP contribution is -1.95. The van der Waals surface area contributed by atoms with Crippen molar-refractivity contribution in [3.05, 3.63) is 29.8 Å². The van der Waals surface area contributed by atoms with Gasteiger partial charge in [0, 0.05) is 11.5 Å². The number of nitrogens with two attached hydrogens (primary N) is 1. The Morgan fingerprint density at radius 2 is 2.06 bits per heavy atom. The molecule has 5 heteroatoms. The van der Waals surface area contributed by atoms with Crippen LogP contribution in [0.3, 0.4) is 0 Å². The first-order chi connectivity index (χ1) is 8.74. The Labute approximate surface area is 104 Å². The fourth-order valence-corrected chi connectivity index (χ4v) is 2.47. The Bertz CT molecular complexity index is 558. The molecular weight excluding hydrogens is 231 g/mol. The van der Waals surface area contributed by atoms with Gasteiger partial charge in [-0.2, -0.15) is 5.10 Å². The maximum Gasteiger partial charge on any atom is 0.181 e. The first kappa shape index (κ1) is 11.2. The zero-order valence-electron chi connectivity index (χ0n) is 9.99. The molecule has 94 valence electrons. The van der Waals surface area contributed by atoms with E-state index < -0.39 is 5.82 Å². The van der Waals surface area contributed by atoms with Crippen molar-refractivity contribution >= 4 is 5.69 Å². The fraction of sp³-hybridized carbons (Fsp3) is 0.385. The average molecular weight is 246 g/mol. The van der Waals surface area contributed by atoms with Gasteiger partial charge in [0.2, 0.25) is 0 Å². The molecule has 4 nitrogen and oxygen atoms in total. The summed E-state index contributed by atoms with van der Waals surface area (Å²) >= 11 is 0. The van der Waals surface area contributed by atoms with E-state index in [2.05, 4.69) is 15.2 Å². The summed E-state index contributed by atoms with van der Waals surface area (Å²) < 4.78 is 13.1. The molecule has 0 unspecified atom stereocenters. The van der Waals surface area contributed by atoms with Gasteiger partial charge in [-0.25, -0.2) is 9.37 Å². The van der Waals surface area contributed by atoms with E-state index in [1.54, 1.807) is 12.1 Å². The second-order valence-corrected chi connectivity index (χ2v) is 4.76. The summed E-state index contributed by atoms with van der Waals surface area (Å²) in [6, 6.07) is 4.56. The molecule has 3 N–H and O–H groups in total. The first-order valence-electron chi connectivity index (χ1n) is 6.22. The van der Waals surface area contributed by atoms with Crippen LogP contribution in [0.5, 0.6) is 0 Å². The van der Waals surface area contributed by atoms with Crippen LogP contribution in [-0.2, 0) is 0 Å². The highest BCUT2D eigenvalue weighted by molar-refractivity contribution is 5.61. The van der Waals surface area contributed by atoms with Gasteiger partial charge in [-0.05, 0) is 31.0 Å². The minimum atomic E-state index is -0.412. The molecule has 1 aliphatic carbocycles. The van der Waals surface area contributed by atoms with Crippen molar-refractivity contribution < 1.29 is 4.39 Å². The van der Waals surface area contributed by atoms with E-state index in [-0.39, 0.29) is 5.69 Å². The molecule has 3 rings (SSSR count). The standard InChI is InChI=1S/C13H15FN4/c14-10-6-5-9(7-11(10)15)13-16-12(17-18-13)8-3-1-2-4-8/h5-8H,1-4,15H2,(H,16,17,18). The number of anilines is 1. The first-order valence-corrected chi connectivity index (χ1v) is 6.22. The van der Waals surface area contributed by atoms with Gasteiger partial charge in [-0.15, -0.1) is 0 Å². The number of aromatic amines is 1. The Morgan fingerprint density at radius 3 is 2.78 bits per heavy atom. The molecule has 0 radical (unpaired) electrons. The summed E-state index contributed by atoms with van der Waals surface area (Å²) in [5.74, 6) is 1.60. The highest BCUT2D eigenvalue weighted by atomic mass is 19.1. The predicted molar refractivity (Wildman–Crippen MR) is 67.4 cm³/mol. The van der Waals surface area contributed by atoms with Gasteiger partial charge >= 0.3 is 0 Å². The molecule has 18 heavy (non-hydrogen) atoms. The van der Waals surface area contributed by atoms with Crippen LogP contribution in [0.15, 0.2) is 18.2 Å². The zero-order valence-corrected chi connectivity index (χ0v) is 9.99. The van der Waals surface area contributed by atoms with Crippen LogP contribution in [0.2, 0.25) is 0 Å². The van der Waals surface area contributed by atoms with Gasteiger partial charge in [0.15, 0.2) is 5.82 Å². The van der Waals surface area contributed by atoms with Gasteiger partial charge in [0.25, 0.3) is 0 Å². The van der Waals surface area contributed by atoms with E-state index in [1.165, 1.54) is 31.7 Å². The van der Waals surface area contributed by atoms with Crippen LogP contribution in [-0.4, -0.2) is 15.2 Å². The summed E-state index contributed by atoms with van der Waals surface area (Å²) in [7, 11) is 0. The normalized spacial score (nSPS) is 16.3. The highest BCUT2D eigenvalue weighted by Gasteiger charge is 2.20. The second-order valence-electron chi connectivity index (χ2n) is 4.76. The molecular formula is C13H15FN4. The number of nitrogen functional groups attached to an aromatic ring is 1. The summed E-state index contributed by atoms with van der Waals surface area (Å²) in [4.78, 5) is 4.49. The van der Waals surface area contributed by atoms with Crippen LogP contribution in [0.25, 0.3) is 11.4 Å². The Balaban J connectivity index is 1.89. The molecule has 1 saturated carbocycles. The molecule has 0 atom stereocenters. The number of hydrogen-bond acceptors (Lipinski definition) is 3. The number of nitrogens with one attached hydrogen (secondary N) is 1. The molecule has 1 heterocycles. The number of benzene rings is 1. The zero-order chi connectivity index (χ0) is 12.5. The lowest BCUT2D eigenvalue weighted by atomic mass is 10.1. The molecule has 2 aromatic rings. The van der Waals surface area contributed by atoms with Crippen LogP contribution in [0.4, 0.5) is 10.1 Å². The molecule has 0 amide bonds. The molecule has 1 aromatic heterocycles. The molecule has 1 fully saturated rings. The quantitative estimate of drug-likeness (QED) is 0.800. The van der Waals surface area contributed by atoms with Gasteiger partial charge in [-0.3, -0.25) is 5.10 Å². The average Bonchev–Trinajstić information content (AvgIpc) is 3.01. The topological polar surface area (TPSA) is 67.6 Å². The molecule has 0 saturated heterocycles. The Hall–Kier alpha value is -1.91. The minimum Gasteiger partial charge on any atom is -0.396 e. The van der Waals surface area contributed by atoms with Crippen LogP contribution < -0.4 is 5.73 Å². The van der Waals surface area contributed by atoms with Gasteiger partial charge in [0.1, 0.15) is 11.6 Å². The molecule has 1 aliphatic rings. The number of nitrogens with zero attached hydrogens (tertiary/aromatic N) is 2. The van der Waals surface area contributed by atoms with Crippen LogP contribution in [0, 0.1) is 5.82 Å². The van der Waals surface area contributed by atoms with E-state index in [9.17, 15) is 4.39 Å². The van der Waals surface area contributed by atoms with Crippen molar-refractivity contribution in [2.24, 2.45) is 0 Å². The number of hydrogen-bond donors (Lipinski definition) is 2. The second kappa shape index (κ2) is 4.40.